The zero-order chi connectivity index (χ0) is 12.6. The van der Waals surface area contributed by atoms with Crippen molar-refractivity contribution < 1.29 is 9.63 Å². The Morgan fingerprint density at radius 1 is 1.17 bits per heavy atom. The van der Waals surface area contributed by atoms with E-state index in [1.807, 2.05) is 18.2 Å². The maximum atomic E-state index is 11.3. The van der Waals surface area contributed by atoms with Crippen molar-refractivity contribution in [2.75, 3.05) is 5.32 Å². The molecule has 5 nitrogen and oxygen atoms in total. The van der Waals surface area contributed by atoms with Crippen LogP contribution >= 0.6 is 0 Å². The summed E-state index contributed by atoms with van der Waals surface area (Å²) in [7, 11) is 0. The number of hydrogen-bond acceptors (Lipinski definition) is 4. The number of anilines is 1. The lowest BCUT2D eigenvalue weighted by Gasteiger charge is -2.01. The predicted molar refractivity (Wildman–Crippen MR) is 68.4 cm³/mol. The number of amides is 1. The van der Waals surface area contributed by atoms with E-state index in [2.05, 4.69) is 20.3 Å². The molecular formula is C13H11N3O2. The van der Waals surface area contributed by atoms with Gasteiger partial charge in [-0.25, -0.2) is 4.79 Å². The number of benzene rings is 1. The number of rotatable bonds is 3. The second kappa shape index (κ2) is 6.15. The number of aromatic nitrogens is 1. The zero-order valence-electron chi connectivity index (χ0n) is 9.48. The van der Waals surface area contributed by atoms with Crippen LogP contribution in [0.2, 0.25) is 0 Å². The number of oxime groups is 1. The lowest BCUT2D eigenvalue weighted by Crippen LogP contribution is -2.10. The number of nitrogens with one attached hydrogen (secondary N) is 1. The average Bonchev–Trinajstić information content (AvgIpc) is 2.41. The fourth-order valence-electron chi connectivity index (χ4n) is 1.25. The van der Waals surface area contributed by atoms with Crippen molar-refractivity contribution >= 4 is 18.0 Å². The van der Waals surface area contributed by atoms with Crippen LogP contribution in [0.5, 0.6) is 0 Å². The van der Waals surface area contributed by atoms with Crippen LogP contribution < -0.4 is 5.32 Å². The third-order valence-electron chi connectivity index (χ3n) is 2.06. The Labute approximate surface area is 104 Å². The lowest BCUT2D eigenvalue weighted by molar-refractivity contribution is 0.167. The van der Waals surface area contributed by atoms with E-state index in [1.54, 1.807) is 36.7 Å². The van der Waals surface area contributed by atoms with Crippen LogP contribution in [0.3, 0.4) is 0 Å². The topological polar surface area (TPSA) is 63.6 Å². The van der Waals surface area contributed by atoms with Crippen LogP contribution in [0.4, 0.5) is 10.5 Å². The van der Waals surface area contributed by atoms with Crippen molar-refractivity contribution in [3.63, 3.8) is 0 Å². The van der Waals surface area contributed by atoms with E-state index in [-0.39, 0.29) is 0 Å². The number of carbonyl (C=O) groups is 1. The molecule has 0 bridgehead atoms. The van der Waals surface area contributed by atoms with Gasteiger partial charge >= 0.3 is 6.09 Å². The standard InChI is InChI=1S/C13H11N3O2/c17-13(16-12-4-2-1-3-5-12)18-15-10-11-6-8-14-9-7-11/h1-10H,(H,16,17)/b15-10-. The third kappa shape index (κ3) is 3.71. The van der Waals surface area contributed by atoms with E-state index in [9.17, 15) is 4.79 Å². The van der Waals surface area contributed by atoms with E-state index < -0.39 is 6.09 Å². The molecule has 0 fully saturated rings. The normalized spacial score (nSPS) is 10.2. The summed E-state index contributed by atoms with van der Waals surface area (Å²) in [5, 5.41) is 6.11. The van der Waals surface area contributed by atoms with Gasteiger partial charge in [-0.3, -0.25) is 15.1 Å². The highest BCUT2D eigenvalue weighted by molar-refractivity contribution is 5.85. The highest BCUT2D eigenvalue weighted by Crippen LogP contribution is 2.05. The van der Waals surface area contributed by atoms with Crippen molar-refractivity contribution in [2.45, 2.75) is 0 Å². The van der Waals surface area contributed by atoms with Gasteiger partial charge in [0.2, 0.25) is 0 Å². The molecule has 0 radical (unpaired) electrons. The molecule has 18 heavy (non-hydrogen) atoms. The minimum absolute atomic E-state index is 0.633. The van der Waals surface area contributed by atoms with Crippen molar-refractivity contribution in [2.24, 2.45) is 5.16 Å². The molecule has 0 aliphatic rings. The van der Waals surface area contributed by atoms with Gasteiger partial charge in [-0.15, -0.1) is 0 Å². The molecule has 5 heteroatoms. The van der Waals surface area contributed by atoms with Crippen LogP contribution in [0.25, 0.3) is 0 Å². The summed E-state index contributed by atoms with van der Waals surface area (Å²) >= 11 is 0. The van der Waals surface area contributed by atoms with Gasteiger partial charge in [0.25, 0.3) is 0 Å². The molecule has 0 saturated heterocycles. The van der Waals surface area contributed by atoms with Gasteiger partial charge in [0.05, 0.1) is 6.21 Å². The average molecular weight is 241 g/mol. The van der Waals surface area contributed by atoms with Gasteiger partial charge in [0, 0.05) is 18.1 Å². The number of hydrogen-bond donors (Lipinski definition) is 1. The molecule has 2 rings (SSSR count). The minimum Gasteiger partial charge on any atom is -0.298 e. The van der Waals surface area contributed by atoms with Crippen molar-refractivity contribution in [1.82, 2.24) is 4.98 Å². The van der Waals surface area contributed by atoms with E-state index in [0.717, 1.165) is 5.56 Å². The van der Waals surface area contributed by atoms with E-state index in [1.165, 1.54) is 6.21 Å². The Balaban J connectivity index is 1.84. The number of para-hydroxylation sites is 1. The van der Waals surface area contributed by atoms with Crippen LogP contribution in [-0.2, 0) is 4.84 Å². The van der Waals surface area contributed by atoms with Gasteiger partial charge in [-0.05, 0) is 29.8 Å². The summed E-state index contributed by atoms with van der Waals surface area (Å²) in [6.07, 6.45) is 4.06. The van der Waals surface area contributed by atoms with Crippen LogP contribution in [0.15, 0.2) is 60.0 Å². The van der Waals surface area contributed by atoms with Gasteiger partial charge in [0.1, 0.15) is 0 Å². The van der Waals surface area contributed by atoms with Crippen molar-refractivity contribution in [3.8, 4) is 0 Å². The summed E-state index contributed by atoms with van der Waals surface area (Å²) in [6, 6.07) is 12.5. The minimum atomic E-state index is -0.633. The highest BCUT2D eigenvalue weighted by atomic mass is 16.7. The SMILES string of the molecule is O=C(Nc1ccccc1)O/N=C\c1ccncc1. The monoisotopic (exact) mass is 241 g/mol. The van der Waals surface area contributed by atoms with Gasteiger partial charge in [-0.2, -0.15) is 0 Å². The molecule has 1 aromatic carbocycles. The molecule has 0 atom stereocenters. The van der Waals surface area contributed by atoms with Crippen molar-refractivity contribution in [1.29, 1.82) is 0 Å². The van der Waals surface area contributed by atoms with Gasteiger partial charge in [0.15, 0.2) is 0 Å². The molecule has 0 aliphatic heterocycles. The Morgan fingerprint density at radius 2 is 1.89 bits per heavy atom. The van der Waals surface area contributed by atoms with Crippen molar-refractivity contribution in [3.05, 3.63) is 60.4 Å². The maximum Gasteiger partial charge on any atom is 0.437 e. The summed E-state index contributed by atoms with van der Waals surface area (Å²) in [5.41, 5.74) is 1.46. The van der Waals surface area contributed by atoms with E-state index in [4.69, 9.17) is 0 Å². The molecule has 90 valence electrons. The van der Waals surface area contributed by atoms with Crippen LogP contribution in [0.1, 0.15) is 5.56 Å². The molecule has 1 heterocycles. The molecule has 2 aromatic rings. The Bertz CT molecular complexity index is 526. The van der Waals surface area contributed by atoms with Gasteiger partial charge in [-0.1, -0.05) is 23.4 Å². The molecular weight excluding hydrogens is 230 g/mol. The largest absolute Gasteiger partial charge is 0.437 e. The zero-order valence-corrected chi connectivity index (χ0v) is 9.48. The van der Waals surface area contributed by atoms with E-state index in [0.29, 0.717) is 5.69 Å². The number of carbonyl (C=O) groups excluding carboxylic acids is 1. The first-order valence-corrected chi connectivity index (χ1v) is 5.31. The molecule has 0 saturated carbocycles. The molecule has 1 amide bonds. The smallest absolute Gasteiger partial charge is 0.298 e. The maximum absolute atomic E-state index is 11.3. The Kier molecular flexibility index (Phi) is 4.02. The fraction of sp³-hybridized carbons (Fsp3) is 0. The first-order valence-electron chi connectivity index (χ1n) is 5.31. The highest BCUT2D eigenvalue weighted by Gasteiger charge is 2.00. The first-order chi connectivity index (χ1) is 8.84. The Morgan fingerprint density at radius 3 is 2.61 bits per heavy atom. The second-order valence-corrected chi connectivity index (χ2v) is 3.38. The first kappa shape index (κ1) is 11.8. The predicted octanol–water partition coefficient (Wildman–Crippen LogP) is 2.66. The molecule has 1 N–H and O–H groups in total. The summed E-state index contributed by atoms with van der Waals surface area (Å²) in [6.45, 7) is 0. The summed E-state index contributed by atoms with van der Waals surface area (Å²) < 4.78 is 0. The molecule has 0 spiro atoms. The molecule has 1 aromatic heterocycles. The molecule has 0 unspecified atom stereocenters. The van der Waals surface area contributed by atoms with Gasteiger partial charge < -0.3 is 0 Å². The quantitative estimate of drug-likeness (QED) is 0.510. The second-order valence-electron chi connectivity index (χ2n) is 3.38. The third-order valence-corrected chi connectivity index (χ3v) is 2.06. The summed E-state index contributed by atoms with van der Waals surface area (Å²) in [4.78, 5) is 19.9. The van der Waals surface area contributed by atoms with Crippen LogP contribution in [-0.4, -0.2) is 17.3 Å². The number of nitrogens with zero attached hydrogens (tertiary/aromatic N) is 2. The molecule has 0 aliphatic carbocycles. The summed E-state index contributed by atoms with van der Waals surface area (Å²) in [5.74, 6) is 0. The fourth-order valence-corrected chi connectivity index (χ4v) is 1.25. The number of pyridine rings is 1. The van der Waals surface area contributed by atoms with Crippen LogP contribution in [0, 0.1) is 0 Å². The lowest BCUT2D eigenvalue weighted by atomic mass is 10.3. The Hall–Kier alpha value is -2.69. The van der Waals surface area contributed by atoms with E-state index >= 15 is 0 Å².